The van der Waals surface area contributed by atoms with Gasteiger partial charge in [-0.05, 0) is 31.5 Å². The van der Waals surface area contributed by atoms with Gasteiger partial charge in [-0.15, -0.1) is 6.58 Å². The summed E-state index contributed by atoms with van der Waals surface area (Å²) in [5, 5.41) is 0. The first-order valence-corrected chi connectivity index (χ1v) is 13.5. The highest BCUT2D eigenvalue weighted by molar-refractivity contribution is 6.71. The van der Waals surface area contributed by atoms with Crippen molar-refractivity contribution in [1.29, 1.82) is 0 Å². The molecular formula is C22H46O2Si. The van der Waals surface area contributed by atoms with Crippen LogP contribution in [0, 0.1) is 0 Å². The minimum atomic E-state index is -2.19. The van der Waals surface area contributed by atoms with Gasteiger partial charge in [0.05, 0.1) is 0 Å². The van der Waals surface area contributed by atoms with Gasteiger partial charge in [-0.2, -0.15) is 0 Å². The highest BCUT2D eigenvalue weighted by Gasteiger charge is 2.30. The zero-order valence-corrected chi connectivity index (χ0v) is 18.8. The van der Waals surface area contributed by atoms with Crippen LogP contribution in [0.15, 0.2) is 12.3 Å². The van der Waals surface area contributed by atoms with E-state index in [4.69, 9.17) is 8.85 Å². The average Bonchev–Trinajstić information content (AvgIpc) is 2.60. The predicted octanol–water partition coefficient (Wildman–Crippen LogP) is 7.71. The fourth-order valence-electron chi connectivity index (χ4n) is 3.24. The van der Waals surface area contributed by atoms with Crippen molar-refractivity contribution in [2.75, 3.05) is 6.61 Å². The SMILES string of the molecule is C=C[Si](C)(OCCCCCCCCCCCC)OC(CCC)CCC. The number of hydrogen-bond donors (Lipinski definition) is 0. The Kier molecular flexibility index (Phi) is 17.2. The summed E-state index contributed by atoms with van der Waals surface area (Å²) in [7, 11) is -2.19. The van der Waals surface area contributed by atoms with E-state index in [0.29, 0.717) is 6.10 Å². The van der Waals surface area contributed by atoms with Crippen LogP contribution in [0.4, 0.5) is 0 Å². The number of unbranched alkanes of at least 4 members (excludes halogenated alkanes) is 9. The van der Waals surface area contributed by atoms with Gasteiger partial charge >= 0.3 is 8.56 Å². The number of hydrogen-bond acceptors (Lipinski definition) is 2. The van der Waals surface area contributed by atoms with E-state index in [1.807, 2.05) is 5.70 Å². The molecule has 0 rings (SSSR count). The second-order valence-corrected chi connectivity index (χ2v) is 10.5. The lowest BCUT2D eigenvalue weighted by Gasteiger charge is -2.29. The lowest BCUT2D eigenvalue weighted by molar-refractivity contribution is 0.109. The summed E-state index contributed by atoms with van der Waals surface area (Å²) in [5.41, 5.74) is 1.96. The molecule has 0 aromatic rings. The summed E-state index contributed by atoms with van der Waals surface area (Å²) < 4.78 is 12.5. The second kappa shape index (κ2) is 17.3. The number of rotatable bonds is 19. The molecule has 0 spiro atoms. The van der Waals surface area contributed by atoms with Gasteiger partial charge in [-0.3, -0.25) is 0 Å². The molecule has 0 aromatic carbocycles. The summed E-state index contributed by atoms with van der Waals surface area (Å²) in [4.78, 5) is 0. The molecule has 1 unspecified atom stereocenters. The third-order valence-electron chi connectivity index (χ3n) is 4.88. The van der Waals surface area contributed by atoms with Gasteiger partial charge in [0.15, 0.2) is 0 Å². The van der Waals surface area contributed by atoms with Crippen LogP contribution in [-0.4, -0.2) is 21.3 Å². The zero-order chi connectivity index (χ0) is 18.8. The Morgan fingerprint density at radius 1 is 0.760 bits per heavy atom. The van der Waals surface area contributed by atoms with Crippen molar-refractivity contribution in [2.24, 2.45) is 0 Å². The van der Waals surface area contributed by atoms with Crippen molar-refractivity contribution in [3.63, 3.8) is 0 Å². The van der Waals surface area contributed by atoms with Crippen LogP contribution in [0.5, 0.6) is 0 Å². The topological polar surface area (TPSA) is 18.5 Å². The molecule has 1 atom stereocenters. The lowest BCUT2D eigenvalue weighted by atomic mass is 10.1. The van der Waals surface area contributed by atoms with E-state index in [1.165, 1.54) is 70.6 Å². The molecule has 0 aromatic heterocycles. The van der Waals surface area contributed by atoms with Gasteiger partial charge in [0.2, 0.25) is 0 Å². The molecule has 0 N–H and O–H groups in total. The first-order valence-electron chi connectivity index (χ1n) is 11.1. The summed E-state index contributed by atoms with van der Waals surface area (Å²) in [6, 6.07) is 0. The van der Waals surface area contributed by atoms with E-state index in [0.717, 1.165) is 25.9 Å². The second-order valence-electron chi connectivity index (χ2n) is 7.57. The van der Waals surface area contributed by atoms with Crippen molar-refractivity contribution in [1.82, 2.24) is 0 Å². The minimum Gasteiger partial charge on any atom is -0.391 e. The predicted molar refractivity (Wildman–Crippen MR) is 114 cm³/mol. The Balaban J connectivity index is 3.75. The van der Waals surface area contributed by atoms with Crippen molar-refractivity contribution in [3.8, 4) is 0 Å². The van der Waals surface area contributed by atoms with E-state index >= 15 is 0 Å². The van der Waals surface area contributed by atoms with Crippen molar-refractivity contribution in [3.05, 3.63) is 12.3 Å². The van der Waals surface area contributed by atoms with E-state index < -0.39 is 8.56 Å². The molecule has 0 aliphatic heterocycles. The quantitative estimate of drug-likeness (QED) is 0.171. The van der Waals surface area contributed by atoms with E-state index in [-0.39, 0.29) is 0 Å². The molecule has 150 valence electrons. The molecule has 0 fully saturated rings. The Labute approximate surface area is 160 Å². The van der Waals surface area contributed by atoms with Crippen LogP contribution in [0.2, 0.25) is 6.55 Å². The highest BCUT2D eigenvalue weighted by Crippen LogP contribution is 2.19. The monoisotopic (exact) mass is 370 g/mol. The van der Waals surface area contributed by atoms with Gasteiger partial charge in [0.25, 0.3) is 0 Å². The first kappa shape index (κ1) is 24.9. The van der Waals surface area contributed by atoms with Crippen LogP contribution >= 0.6 is 0 Å². The largest absolute Gasteiger partial charge is 0.391 e. The van der Waals surface area contributed by atoms with E-state index in [9.17, 15) is 0 Å². The van der Waals surface area contributed by atoms with Crippen LogP contribution in [0.1, 0.15) is 111 Å². The maximum absolute atomic E-state index is 6.36. The zero-order valence-electron chi connectivity index (χ0n) is 17.8. The Morgan fingerprint density at radius 2 is 1.24 bits per heavy atom. The third kappa shape index (κ3) is 14.7. The van der Waals surface area contributed by atoms with E-state index in [2.05, 4.69) is 33.9 Å². The standard InChI is InChI=1S/C22H46O2Si/c1-6-10-11-12-13-14-15-16-17-18-21-23-25(5,9-4)24-22(19-7-2)20-8-3/h9,22H,4,6-8,10-21H2,1-3,5H3. The maximum atomic E-state index is 6.36. The fourth-order valence-corrected chi connectivity index (χ4v) is 4.97. The van der Waals surface area contributed by atoms with Gasteiger partial charge in [-0.1, -0.05) is 91.4 Å². The summed E-state index contributed by atoms with van der Waals surface area (Å²) in [6.45, 7) is 13.7. The molecule has 25 heavy (non-hydrogen) atoms. The lowest BCUT2D eigenvalue weighted by Crippen LogP contribution is -2.41. The Bertz CT molecular complexity index is 290. The Morgan fingerprint density at radius 3 is 1.68 bits per heavy atom. The molecule has 0 saturated carbocycles. The van der Waals surface area contributed by atoms with Gasteiger partial charge in [0, 0.05) is 12.7 Å². The molecule has 0 amide bonds. The van der Waals surface area contributed by atoms with Gasteiger partial charge < -0.3 is 8.85 Å². The highest BCUT2D eigenvalue weighted by atomic mass is 28.4. The molecule has 0 saturated heterocycles. The van der Waals surface area contributed by atoms with Crippen LogP contribution in [-0.2, 0) is 8.85 Å². The summed E-state index contributed by atoms with van der Waals surface area (Å²) in [6.07, 6.45) is 18.5. The van der Waals surface area contributed by atoms with E-state index in [1.54, 1.807) is 0 Å². The summed E-state index contributed by atoms with van der Waals surface area (Å²) >= 11 is 0. The fraction of sp³-hybridized carbons (Fsp3) is 0.909. The molecule has 0 heterocycles. The molecule has 0 aliphatic rings. The molecular weight excluding hydrogens is 324 g/mol. The average molecular weight is 371 g/mol. The van der Waals surface area contributed by atoms with Crippen LogP contribution in [0.3, 0.4) is 0 Å². The summed E-state index contributed by atoms with van der Waals surface area (Å²) in [5.74, 6) is 0. The van der Waals surface area contributed by atoms with Crippen LogP contribution in [0.25, 0.3) is 0 Å². The third-order valence-corrected chi connectivity index (χ3v) is 7.20. The van der Waals surface area contributed by atoms with Crippen molar-refractivity contribution in [2.45, 2.75) is 123 Å². The van der Waals surface area contributed by atoms with Crippen LogP contribution < -0.4 is 0 Å². The molecule has 2 nitrogen and oxygen atoms in total. The molecule has 0 radical (unpaired) electrons. The van der Waals surface area contributed by atoms with Crippen molar-refractivity contribution < 1.29 is 8.85 Å². The van der Waals surface area contributed by atoms with Gasteiger partial charge in [0.1, 0.15) is 0 Å². The molecule has 0 bridgehead atoms. The van der Waals surface area contributed by atoms with Crippen molar-refractivity contribution >= 4 is 8.56 Å². The molecule has 0 aliphatic carbocycles. The molecule has 3 heteroatoms. The minimum absolute atomic E-state index is 0.345. The maximum Gasteiger partial charge on any atom is 0.361 e. The Hall–Kier alpha value is -0.123. The smallest absolute Gasteiger partial charge is 0.361 e. The van der Waals surface area contributed by atoms with Gasteiger partial charge in [-0.25, -0.2) is 0 Å². The first-order chi connectivity index (χ1) is 12.1. The normalized spacial score (nSPS) is 14.0.